The minimum atomic E-state index is -0.616. The van der Waals surface area contributed by atoms with E-state index in [1.54, 1.807) is 12.4 Å². The number of carbonyl (C=O) groups is 1. The maximum Gasteiger partial charge on any atom is 0.408 e. The molecule has 118 valence electrons. The Morgan fingerprint density at radius 3 is 2.55 bits per heavy atom. The van der Waals surface area contributed by atoms with Crippen LogP contribution in [0.5, 0.6) is 0 Å². The van der Waals surface area contributed by atoms with Gasteiger partial charge in [0.05, 0.1) is 5.54 Å². The number of aliphatic imine (C=N–C) groups is 1. The second-order valence-electron chi connectivity index (χ2n) is 6.28. The second kappa shape index (κ2) is 6.65. The standard InChI is InChI=1S/C17H21BrN2O2/c1-16(2,3)22-15(21)20-17(8-10-19-11-9-17)14-6-4-13(12-18)5-7-14/h4-8,10-11H,9,12H2,1-3H3,(H,20,21). The third-order valence-corrected chi connectivity index (χ3v) is 3.96. The van der Waals surface area contributed by atoms with Crippen molar-refractivity contribution in [1.29, 1.82) is 0 Å². The van der Waals surface area contributed by atoms with Crippen LogP contribution in [0.15, 0.2) is 41.5 Å². The quantitative estimate of drug-likeness (QED) is 0.813. The highest BCUT2D eigenvalue weighted by Gasteiger charge is 2.33. The molecule has 1 amide bonds. The normalized spacial score (nSPS) is 20.7. The summed E-state index contributed by atoms with van der Waals surface area (Å²) in [6, 6.07) is 8.14. The molecule has 5 heteroatoms. The molecular weight excluding hydrogens is 344 g/mol. The van der Waals surface area contributed by atoms with Gasteiger partial charge in [0.2, 0.25) is 0 Å². The lowest BCUT2D eigenvalue weighted by molar-refractivity contribution is 0.0478. The SMILES string of the molecule is CC(C)(C)OC(=O)NC1(c2ccc(CBr)cc2)C=CN=CC1. The molecule has 4 nitrogen and oxygen atoms in total. The largest absolute Gasteiger partial charge is 0.444 e. The molecule has 2 rings (SSSR count). The zero-order valence-electron chi connectivity index (χ0n) is 13.1. The highest BCUT2D eigenvalue weighted by Crippen LogP contribution is 2.29. The first-order valence-corrected chi connectivity index (χ1v) is 8.33. The summed E-state index contributed by atoms with van der Waals surface area (Å²) in [5, 5.41) is 3.79. The van der Waals surface area contributed by atoms with Gasteiger partial charge in [0.25, 0.3) is 0 Å². The van der Waals surface area contributed by atoms with Gasteiger partial charge in [-0.25, -0.2) is 4.79 Å². The van der Waals surface area contributed by atoms with E-state index in [-0.39, 0.29) is 0 Å². The lowest BCUT2D eigenvalue weighted by atomic mass is 9.85. The van der Waals surface area contributed by atoms with Crippen LogP contribution in [-0.2, 0) is 15.6 Å². The Morgan fingerprint density at radius 2 is 2.05 bits per heavy atom. The molecule has 22 heavy (non-hydrogen) atoms. The number of carbonyl (C=O) groups excluding carboxylic acids is 1. The van der Waals surface area contributed by atoms with Crippen molar-refractivity contribution in [2.24, 2.45) is 4.99 Å². The molecule has 1 aliphatic rings. The molecule has 1 aliphatic heterocycles. The number of hydrogen-bond donors (Lipinski definition) is 1. The first-order valence-electron chi connectivity index (χ1n) is 7.20. The number of benzene rings is 1. The summed E-state index contributed by atoms with van der Waals surface area (Å²) in [5.41, 5.74) is 1.04. The summed E-state index contributed by atoms with van der Waals surface area (Å²) >= 11 is 3.44. The number of alkyl halides is 1. The predicted octanol–water partition coefficient (Wildman–Crippen LogP) is 4.29. The van der Waals surface area contributed by atoms with Crippen molar-refractivity contribution in [2.75, 3.05) is 0 Å². The van der Waals surface area contributed by atoms with Crippen molar-refractivity contribution in [3.05, 3.63) is 47.7 Å². The number of ether oxygens (including phenoxy) is 1. The third-order valence-electron chi connectivity index (χ3n) is 3.31. The fourth-order valence-corrected chi connectivity index (χ4v) is 2.63. The Kier molecular flexibility index (Phi) is 5.06. The van der Waals surface area contributed by atoms with E-state index < -0.39 is 17.2 Å². The summed E-state index contributed by atoms with van der Waals surface area (Å²) in [5.74, 6) is 0. The van der Waals surface area contributed by atoms with Crippen molar-refractivity contribution < 1.29 is 9.53 Å². The van der Waals surface area contributed by atoms with E-state index in [9.17, 15) is 4.79 Å². The number of hydrogen-bond acceptors (Lipinski definition) is 3. The fourth-order valence-electron chi connectivity index (χ4n) is 2.25. The van der Waals surface area contributed by atoms with Gasteiger partial charge in [0.1, 0.15) is 5.60 Å². The average Bonchev–Trinajstić information content (AvgIpc) is 2.46. The fraction of sp³-hybridized carbons (Fsp3) is 0.412. The van der Waals surface area contributed by atoms with E-state index in [0.29, 0.717) is 6.42 Å². The van der Waals surface area contributed by atoms with Crippen LogP contribution in [0.2, 0.25) is 0 Å². The second-order valence-corrected chi connectivity index (χ2v) is 6.84. The highest BCUT2D eigenvalue weighted by atomic mass is 79.9. The number of nitrogens with zero attached hydrogens (tertiary/aromatic N) is 1. The molecule has 0 bridgehead atoms. The Bertz CT molecular complexity index is 588. The molecule has 0 spiro atoms. The molecule has 1 aromatic rings. The van der Waals surface area contributed by atoms with E-state index in [0.717, 1.165) is 10.9 Å². The van der Waals surface area contributed by atoms with Gasteiger partial charge in [-0.2, -0.15) is 0 Å². The molecule has 0 saturated heterocycles. The Hall–Kier alpha value is -1.62. The number of amides is 1. The van der Waals surface area contributed by atoms with Gasteiger partial charge in [0, 0.05) is 24.2 Å². The van der Waals surface area contributed by atoms with E-state index in [1.807, 2.05) is 51.1 Å². The number of halogens is 1. The molecule has 1 aromatic carbocycles. The van der Waals surface area contributed by atoms with Crippen LogP contribution in [0.1, 0.15) is 38.3 Å². The van der Waals surface area contributed by atoms with Gasteiger partial charge >= 0.3 is 6.09 Å². The zero-order valence-corrected chi connectivity index (χ0v) is 14.7. The first kappa shape index (κ1) is 16.7. The van der Waals surface area contributed by atoms with Crippen molar-refractivity contribution in [1.82, 2.24) is 5.32 Å². The van der Waals surface area contributed by atoms with Crippen LogP contribution in [0.3, 0.4) is 0 Å². The van der Waals surface area contributed by atoms with Crippen LogP contribution in [0, 0.1) is 0 Å². The van der Waals surface area contributed by atoms with Crippen LogP contribution < -0.4 is 5.32 Å². The molecule has 1 atom stereocenters. The topological polar surface area (TPSA) is 50.7 Å². The van der Waals surface area contributed by atoms with Crippen LogP contribution in [0.25, 0.3) is 0 Å². The van der Waals surface area contributed by atoms with Crippen LogP contribution >= 0.6 is 15.9 Å². The molecule has 0 aliphatic carbocycles. The van der Waals surface area contributed by atoms with Gasteiger partial charge < -0.3 is 10.1 Å². The Labute approximate surface area is 139 Å². The maximum absolute atomic E-state index is 12.2. The molecule has 1 unspecified atom stereocenters. The summed E-state index contributed by atoms with van der Waals surface area (Å²) in [4.78, 5) is 16.3. The minimum absolute atomic E-state index is 0.433. The Morgan fingerprint density at radius 1 is 1.36 bits per heavy atom. The van der Waals surface area contributed by atoms with Crippen molar-refractivity contribution in [3.63, 3.8) is 0 Å². The molecule has 0 aromatic heterocycles. The summed E-state index contributed by atoms with van der Waals surface area (Å²) in [6.07, 6.45) is 5.57. The van der Waals surface area contributed by atoms with E-state index in [4.69, 9.17) is 4.74 Å². The maximum atomic E-state index is 12.2. The van der Waals surface area contributed by atoms with Crippen molar-refractivity contribution in [3.8, 4) is 0 Å². The lowest BCUT2D eigenvalue weighted by Gasteiger charge is -2.33. The molecule has 0 fully saturated rings. The predicted molar refractivity (Wildman–Crippen MR) is 92.4 cm³/mol. The van der Waals surface area contributed by atoms with Gasteiger partial charge in [-0.05, 0) is 38.0 Å². The monoisotopic (exact) mass is 364 g/mol. The summed E-state index contributed by atoms with van der Waals surface area (Å²) in [7, 11) is 0. The zero-order chi connectivity index (χ0) is 16.2. The van der Waals surface area contributed by atoms with Crippen molar-refractivity contribution >= 4 is 28.2 Å². The molecule has 0 radical (unpaired) electrons. The van der Waals surface area contributed by atoms with E-state index >= 15 is 0 Å². The van der Waals surface area contributed by atoms with Crippen LogP contribution in [0.4, 0.5) is 4.79 Å². The lowest BCUT2D eigenvalue weighted by Crippen LogP contribution is -2.47. The molecular formula is C17H21BrN2O2. The minimum Gasteiger partial charge on any atom is -0.444 e. The third kappa shape index (κ3) is 4.19. The average molecular weight is 365 g/mol. The molecule has 0 saturated carbocycles. The summed E-state index contributed by atoms with van der Waals surface area (Å²) < 4.78 is 5.40. The smallest absolute Gasteiger partial charge is 0.408 e. The number of alkyl carbamates (subject to hydrolysis) is 1. The number of nitrogens with one attached hydrogen (secondary N) is 1. The Balaban J connectivity index is 2.26. The molecule has 1 N–H and O–H groups in total. The van der Waals surface area contributed by atoms with E-state index in [1.165, 1.54) is 5.56 Å². The van der Waals surface area contributed by atoms with E-state index in [2.05, 4.69) is 26.2 Å². The van der Waals surface area contributed by atoms with Crippen LogP contribution in [-0.4, -0.2) is 17.9 Å². The van der Waals surface area contributed by atoms with Crippen molar-refractivity contribution in [2.45, 2.75) is 43.7 Å². The first-order chi connectivity index (χ1) is 10.3. The number of rotatable bonds is 3. The molecule has 1 heterocycles. The van der Waals surface area contributed by atoms with Gasteiger partial charge in [-0.15, -0.1) is 0 Å². The van der Waals surface area contributed by atoms with Gasteiger partial charge in [-0.3, -0.25) is 4.99 Å². The van der Waals surface area contributed by atoms with Gasteiger partial charge in [-0.1, -0.05) is 40.2 Å². The highest BCUT2D eigenvalue weighted by molar-refractivity contribution is 9.08. The summed E-state index contributed by atoms with van der Waals surface area (Å²) in [6.45, 7) is 5.55. The van der Waals surface area contributed by atoms with Gasteiger partial charge in [0.15, 0.2) is 0 Å².